The van der Waals surface area contributed by atoms with Crippen LogP contribution in [0.25, 0.3) is 0 Å². The SMILES string of the molecule is CC(C)(O)CCCCC(=O)O[C@H](/C=C/[C@H]1CCC(=O)N1CCCCCCc1nn[nH]n1)C(F)(F)c1ccccc1. The number of rotatable bonds is 17. The lowest BCUT2D eigenvalue weighted by molar-refractivity contribution is -0.168. The highest BCUT2D eigenvalue weighted by Crippen LogP contribution is 2.35. The van der Waals surface area contributed by atoms with Crippen molar-refractivity contribution >= 4 is 11.9 Å². The topological polar surface area (TPSA) is 121 Å². The molecular formula is C29H41F2N5O4. The van der Waals surface area contributed by atoms with Gasteiger partial charge < -0.3 is 14.7 Å². The second-order valence-electron chi connectivity index (χ2n) is 11.0. The van der Waals surface area contributed by atoms with Gasteiger partial charge in [0.2, 0.25) is 5.91 Å². The second-order valence-corrected chi connectivity index (χ2v) is 11.0. The average Bonchev–Trinajstić information content (AvgIpc) is 3.56. The largest absolute Gasteiger partial charge is 0.451 e. The smallest absolute Gasteiger partial charge is 0.312 e. The summed E-state index contributed by atoms with van der Waals surface area (Å²) in [6, 6.07) is 6.96. The quantitative estimate of drug-likeness (QED) is 0.160. The molecule has 220 valence electrons. The van der Waals surface area contributed by atoms with E-state index in [4.69, 9.17) is 4.74 Å². The molecule has 0 unspecified atom stereocenters. The number of carbonyl (C=O) groups excluding carboxylic acids is 2. The van der Waals surface area contributed by atoms with E-state index in [0.29, 0.717) is 44.5 Å². The van der Waals surface area contributed by atoms with Crippen LogP contribution in [0, 0.1) is 0 Å². The molecule has 1 aliphatic heterocycles. The van der Waals surface area contributed by atoms with E-state index in [-0.39, 0.29) is 23.9 Å². The first kappa shape index (κ1) is 31.3. The number of esters is 1. The van der Waals surface area contributed by atoms with Crippen LogP contribution in [0.3, 0.4) is 0 Å². The Bertz CT molecular complexity index is 1070. The van der Waals surface area contributed by atoms with Crippen molar-refractivity contribution in [2.75, 3.05) is 6.54 Å². The van der Waals surface area contributed by atoms with Gasteiger partial charge in [-0.15, -0.1) is 10.2 Å². The molecule has 2 N–H and O–H groups in total. The first-order chi connectivity index (χ1) is 19.1. The molecule has 40 heavy (non-hydrogen) atoms. The van der Waals surface area contributed by atoms with Gasteiger partial charge in [0.05, 0.1) is 11.6 Å². The molecule has 9 nitrogen and oxygen atoms in total. The number of aromatic nitrogens is 4. The number of nitrogens with zero attached hydrogens (tertiary/aromatic N) is 4. The Labute approximate surface area is 234 Å². The van der Waals surface area contributed by atoms with Gasteiger partial charge in [0.15, 0.2) is 11.9 Å². The molecule has 2 aromatic rings. The highest BCUT2D eigenvalue weighted by atomic mass is 19.3. The van der Waals surface area contributed by atoms with Gasteiger partial charge in [-0.05, 0) is 52.0 Å². The fourth-order valence-electron chi connectivity index (χ4n) is 4.77. The number of carbonyl (C=O) groups is 2. The summed E-state index contributed by atoms with van der Waals surface area (Å²) >= 11 is 0. The number of nitrogens with one attached hydrogen (secondary N) is 1. The molecule has 3 rings (SSSR count). The van der Waals surface area contributed by atoms with Crippen molar-refractivity contribution in [1.29, 1.82) is 0 Å². The number of H-pyrrole nitrogens is 1. The molecule has 1 amide bonds. The zero-order valence-electron chi connectivity index (χ0n) is 23.4. The van der Waals surface area contributed by atoms with Crippen LogP contribution in [0.2, 0.25) is 0 Å². The number of ether oxygens (including phenoxy) is 1. The molecule has 0 bridgehead atoms. The summed E-state index contributed by atoms with van der Waals surface area (Å²) in [4.78, 5) is 26.8. The molecule has 1 saturated heterocycles. The van der Waals surface area contributed by atoms with Crippen LogP contribution in [0.4, 0.5) is 8.78 Å². The number of amides is 1. The van der Waals surface area contributed by atoms with E-state index in [0.717, 1.165) is 32.1 Å². The van der Waals surface area contributed by atoms with Gasteiger partial charge in [-0.25, -0.2) is 0 Å². The van der Waals surface area contributed by atoms with E-state index in [1.165, 1.54) is 30.3 Å². The third kappa shape index (κ3) is 10.1. The third-order valence-corrected chi connectivity index (χ3v) is 7.02. The Morgan fingerprint density at radius 1 is 1.18 bits per heavy atom. The summed E-state index contributed by atoms with van der Waals surface area (Å²) in [6.45, 7) is 3.90. The van der Waals surface area contributed by atoms with Crippen LogP contribution in [0.1, 0.15) is 89.4 Å². The minimum absolute atomic E-state index is 0.00313. The van der Waals surface area contributed by atoms with Gasteiger partial charge >= 0.3 is 11.9 Å². The van der Waals surface area contributed by atoms with E-state index in [2.05, 4.69) is 20.6 Å². The standard InChI is InChI=1S/C29H41F2N5O4/c1-28(2,39)20-10-9-15-27(38)40-24(29(30,31)22-12-6-5-7-13-22)18-16-23-17-19-26(37)36(23)21-11-4-3-8-14-25-32-34-35-33-25/h5-7,12-13,16,18,23-24,39H,3-4,8-11,14-15,17,19-21H2,1-2H3,(H,32,33,34,35)/b18-16+/t23-,24+/m0/s1. The molecule has 1 fully saturated rings. The Morgan fingerprint density at radius 2 is 1.93 bits per heavy atom. The predicted molar refractivity (Wildman–Crippen MR) is 145 cm³/mol. The second kappa shape index (κ2) is 15.0. The Morgan fingerprint density at radius 3 is 2.62 bits per heavy atom. The van der Waals surface area contributed by atoms with Crippen molar-refractivity contribution in [1.82, 2.24) is 25.5 Å². The van der Waals surface area contributed by atoms with Gasteiger partial charge in [0, 0.05) is 31.4 Å². The number of aliphatic hydroxyl groups is 1. The van der Waals surface area contributed by atoms with Gasteiger partial charge in [0.25, 0.3) is 0 Å². The van der Waals surface area contributed by atoms with Crippen LogP contribution in [-0.2, 0) is 26.7 Å². The fourth-order valence-corrected chi connectivity index (χ4v) is 4.77. The summed E-state index contributed by atoms with van der Waals surface area (Å²) in [6.07, 6.45) is 7.69. The Hall–Kier alpha value is -3.21. The number of aromatic amines is 1. The highest BCUT2D eigenvalue weighted by Gasteiger charge is 2.43. The van der Waals surface area contributed by atoms with Crippen LogP contribution >= 0.6 is 0 Å². The highest BCUT2D eigenvalue weighted by molar-refractivity contribution is 5.79. The molecule has 0 spiro atoms. The van der Waals surface area contributed by atoms with Crippen molar-refractivity contribution in [3.8, 4) is 0 Å². The normalized spacial score (nSPS) is 17.1. The Kier molecular flexibility index (Phi) is 11.7. The average molecular weight is 562 g/mol. The molecule has 1 aromatic heterocycles. The Balaban J connectivity index is 1.58. The number of hydrogen-bond acceptors (Lipinski definition) is 7. The van der Waals surface area contributed by atoms with Gasteiger partial charge in [-0.3, -0.25) is 9.59 Å². The summed E-state index contributed by atoms with van der Waals surface area (Å²) in [5.41, 5.74) is -1.10. The molecule has 0 saturated carbocycles. The summed E-state index contributed by atoms with van der Waals surface area (Å²) < 4.78 is 36.4. The minimum atomic E-state index is -3.45. The van der Waals surface area contributed by atoms with Crippen LogP contribution in [-0.4, -0.2) is 66.8 Å². The monoisotopic (exact) mass is 561 g/mol. The number of benzene rings is 1. The maximum atomic E-state index is 15.5. The van der Waals surface area contributed by atoms with Crippen LogP contribution in [0.5, 0.6) is 0 Å². The zero-order chi connectivity index (χ0) is 29.0. The molecule has 0 aliphatic carbocycles. The third-order valence-electron chi connectivity index (χ3n) is 7.02. The number of aryl methyl sites for hydroxylation is 1. The summed E-state index contributed by atoms with van der Waals surface area (Å²) in [5, 5.41) is 23.7. The number of hydrogen-bond donors (Lipinski definition) is 2. The van der Waals surface area contributed by atoms with Crippen molar-refractivity contribution in [2.45, 2.75) is 108 Å². The maximum Gasteiger partial charge on any atom is 0.312 e. The van der Waals surface area contributed by atoms with Crippen molar-refractivity contribution in [2.24, 2.45) is 0 Å². The number of tetrazole rings is 1. The van der Waals surface area contributed by atoms with E-state index in [1.807, 2.05) is 0 Å². The number of likely N-dealkylation sites (tertiary alicyclic amines) is 1. The van der Waals surface area contributed by atoms with Crippen LogP contribution in [0.15, 0.2) is 42.5 Å². The summed E-state index contributed by atoms with van der Waals surface area (Å²) in [5.74, 6) is -3.50. The minimum Gasteiger partial charge on any atom is -0.451 e. The van der Waals surface area contributed by atoms with E-state index >= 15 is 8.78 Å². The first-order valence-corrected chi connectivity index (χ1v) is 14.1. The molecule has 1 aromatic carbocycles. The van der Waals surface area contributed by atoms with E-state index < -0.39 is 23.6 Å². The molecule has 2 atom stereocenters. The molecular weight excluding hydrogens is 520 g/mol. The fraction of sp³-hybridized carbons (Fsp3) is 0.621. The van der Waals surface area contributed by atoms with Gasteiger partial charge in [-0.2, -0.15) is 14.0 Å². The predicted octanol–water partition coefficient (Wildman–Crippen LogP) is 4.88. The molecule has 11 heteroatoms. The van der Waals surface area contributed by atoms with Crippen molar-refractivity contribution in [3.63, 3.8) is 0 Å². The lowest BCUT2D eigenvalue weighted by atomic mass is 10.0. The van der Waals surface area contributed by atoms with Gasteiger partial charge in [0.1, 0.15) is 0 Å². The molecule has 2 heterocycles. The number of alkyl halides is 2. The van der Waals surface area contributed by atoms with E-state index in [1.54, 1.807) is 30.9 Å². The lowest BCUT2D eigenvalue weighted by Crippen LogP contribution is -2.36. The first-order valence-electron chi connectivity index (χ1n) is 14.1. The number of unbranched alkanes of at least 4 members (excludes halogenated alkanes) is 4. The van der Waals surface area contributed by atoms with Crippen LogP contribution < -0.4 is 0 Å². The summed E-state index contributed by atoms with van der Waals surface area (Å²) in [7, 11) is 0. The zero-order valence-corrected chi connectivity index (χ0v) is 23.4. The number of halogens is 2. The van der Waals surface area contributed by atoms with E-state index in [9.17, 15) is 14.7 Å². The maximum absolute atomic E-state index is 15.5. The van der Waals surface area contributed by atoms with Gasteiger partial charge in [-0.1, -0.05) is 60.9 Å². The molecule has 0 radical (unpaired) electrons. The van der Waals surface area contributed by atoms with Crippen molar-refractivity contribution in [3.05, 3.63) is 53.9 Å². The van der Waals surface area contributed by atoms with Crippen molar-refractivity contribution < 1.29 is 28.2 Å². The molecule has 1 aliphatic rings. The lowest BCUT2D eigenvalue weighted by Gasteiger charge is -2.27.